The summed E-state index contributed by atoms with van der Waals surface area (Å²) < 4.78 is 14.1. The van der Waals surface area contributed by atoms with E-state index in [-0.39, 0.29) is 11.3 Å². The molecule has 0 amide bonds. The number of hydrogen-bond acceptors (Lipinski definition) is 2. The third kappa shape index (κ3) is 3.12. The highest BCUT2D eigenvalue weighted by Crippen LogP contribution is 2.19. The SMILES string of the molecule is O=C(CCNC1CC1)c1cc(Br)ccc1F. The van der Waals surface area contributed by atoms with Crippen LogP contribution in [0.2, 0.25) is 0 Å². The Hall–Kier alpha value is -0.740. The van der Waals surface area contributed by atoms with Gasteiger partial charge in [0.25, 0.3) is 0 Å². The topological polar surface area (TPSA) is 29.1 Å². The zero-order valence-corrected chi connectivity index (χ0v) is 10.4. The Labute approximate surface area is 102 Å². The molecule has 0 aliphatic heterocycles. The van der Waals surface area contributed by atoms with Gasteiger partial charge in [0.2, 0.25) is 0 Å². The summed E-state index contributed by atoms with van der Waals surface area (Å²) in [7, 11) is 0. The van der Waals surface area contributed by atoms with Gasteiger partial charge in [-0.3, -0.25) is 4.79 Å². The molecule has 16 heavy (non-hydrogen) atoms. The fourth-order valence-electron chi connectivity index (χ4n) is 1.52. The van der Waals surface area contributed by atoms with E-state index in [2.05, 4.69) is 21.2 Å². The molecule has 2 rings (SSSR count). The minimum atomic E-state index is -0.445. The number of rotatable bonds is 5. The molecule has 0 unspecified atom stereocenters. The van der Waals surface area contributed by atoms with Crippen molar-refractivity contribution >= 4 is 21.7 Å². The molecule has 2 nitrogen and oxygen atoms in total. The predicted octanol–water partition coefficient (Wildman–Crippen LogP) is 2.91. The fourth-order valence-corrected chi connectivity index (χ4v) is 1.88. The Morgan fingerprint density at radius 1 is 1.50 bits per heavy atom. The summed E-state index contributed by atoms with van der Waals surface area (Å²) in [6.45, 7) is 0.634. The van der Waals surface area contributed by atoms with E-state index in [4.69, 9.17) is 0 Å². The van der Waals surface area contributed by atoms with Crippen LogP contribution in [0.1, 0.15) is 29.6 Å². The molecule has 0 radical (unpaired) electrons. The third-order valence-electron chi connectivity index (χ3n) is 2.59. The van der Waals surface area contributed by atoms with Crippen LogP contribution in [-0.4, -0.2) is 18.4 Å². The molecular weight excluding hydrogens is 273 g/mol. The van der Waals surface area contributed by atoms with Crippen LogP contribution in [0.3, 0.4) is 0 Å². The summed E-state index contributed by atoms with van der Waals surface area (Å²) in [5.74, 6) is -0.591. The number of benzene rings is 1. The highest BCUT2D eigenvalue weighted by atomic mass is 79.9. The Bertz CT molecular complexity index is 404. The number of Topliss-reactive ketones (excluding diaryl/α,β-unsaturated/α-hetero) is 1. The molecule has 1 aliphatic carbocycles. The average Bonchev–Trinajstić information content (AvgIpc) is 3.05. The maximum absolute atomic E-state index is 13.4. The van der Waals surface area contributed by atoms with Crippen molar-refractivity contribution in [2.24, 2.45) is 0 Å². The van der Waals surface area contributed by atoms with Gasteiger partial charge in [0.1, 0.15) is 5.82 Å². The smallest absolute Gasteiger partial charge is 0.167 e. The van der Waals surface area contributed by atoms with Crippen LogP contribution in [0.4, 0.5) is 4.39 Å². The van der Waals surface area contributed by atoms with Gasteiger partial charge in [-0.2, -0.15) is 0 Å². The molecule has 0 atom stereocenters. The molecule has 1 aliphatic rings. The average molecular weight is 286 g/mol. The minimum absolute atomic E-state index is 0.146. The third-order valence-corrected chi connectivity index (χ3v) is 3.08. The summed E-state index contributed by atoms with van der Waals surface area (Å²) in [6.07, 6.45) is 2.74. The van der Waals surface area contributed by atoms with Crippen molar-refractivity contribution in [2.45, 2.75) is 25.3 Å². The van der Waals surface area contributed by atoms with Crippen LogP contribution in [0.25, 0.3) is 0 Å². The van der Waals surface area contributed by atoms with Gasteiger partial charge in [-0.05, 0) is 31.0 Å². The lowest BCUT2D eigenvalue weighted by Crippen LogP contribution is -2.20. The van der Waals surface area contributed by atoms with Gasteiger partial charge in [0, 0.05) is 23.5 Å². The van der Waals surface area contributed by atoms with E-state index < -0.39 is 5.82 Å². The second kappa shape index (κ2) is 5.06. The maximum Gasteiger partial charge on any atom is 0.167 e. The first kappa shape index (κ1) is 11.7. The number of nitrogens with one attached hydrogen (secondary N) is 1. The van der Waals surface area contributed by atoms with Gasteiger partial charge in [-0.1, -0.05) is 15.9 Å². The van der Waals surface area contributed by atoms with Crippen molar-refractivity contribution in [3.63, 3.8) is 0 Å². The second-order valence-electron chi connectivity index (χ2n) is 4.03. The standard InChI is InChI=1S/C12H13BrFNO/c13-8-1-4-11(14)10(7-8)12(16)5-6-15-9-2-3-9/h1,4,7,9,15H,2-3,5-6H2. The largest absolute Gasteiger partial charge is 0.314 e. The van der Waals surface area contributed by atoms with Gasteiger partial charge < -0.3 is 5.32 Å². The van der Waals surface area contributed by atoms with Gasteiger partial charge in [-0.25, -0.2) is 4.39 Å². The molecule has 1 aromatic rings. The summed E-state index contributed by atoms with van der Waals surface area (Å²) in [5, 5.41) is 3.24. The molecule has 0 heterocycles. The van der Waals surface area contributed by atoms with Crippen LogP contribution >= 0.6 is 15.9 Å². The number of halogens is 2. The quantitative estimate of drug-likeness (QED) is 0.843. The Balaban J connectivity index is 1.93. The van der Waals surface area contributed by atoms with E-state index in [1.165, 1.54) is 25.0 Å². The first-order valence-electron chi connectivity index (χ1n) is 5.38. The molecule has 0 saturated heterocycles. The molecule has 1 saturated carbocycles. The summed E-state index contributed by atoms with van der Waals surface area (Å²) in [6, 6.07) is 5.02. The van der Waals surface area contributed by atoms with Crippen molar-refractivity contribution in [2.75, 3.05) is 6.54 Å². The van der Waals surface area contributed by atoms with E-state index in [0.717, 1.165) is 4.47 Å². The normalized spacial score (nSPS) is 15.1. The Kier molecular flexibility index (Phi) is 3.71. The van der Waals surface area contributed by atoms with Gasteiger partial charge in [-0.15, -0.1) is 0 Å². The molecule has 86 valence electrons. The zero-order chi connectivity index (χ0) is 11.5. The molecule has 1 aromatic carbocycles. The van der Waals surface area contributed by atoms with E-state index in [1.807, 2.05) is 0 Å². The van der Waals surface area contributed by atoms with E-state index in [9.17, 15) is 9.18 Å². The molecule has 0 bridgehead atoms. The summed E-state index contributed by atoms with van der Waals surface area (Å²) >= 11 is 3.23. The minimum Gasteiger partial charge on any atom is -0.314 e. The van der Waals surface area contributed by atoms with Crippen LogP contribution in [0, 0.1) is 5.82 Å². The zero-order valence-electron chi connectivity index (χ0n) is 8.80. The van der Waals surface area contributed by atoms with Gasteiger partial charge in [0.05, 0.1) is 5.56 Å². The number of hydrogen-bond donors (Lipinski definition) is 1. The molecule has 1 N–H and O–H groups in total. The van der Waals surface area contributed by atoms with E-state index in [0.29, 0.717) is 19.0 Å². The lowest BCUT2D eigenvalue weighted by molar-refractivity contribution is 0.0978. The van der Waals surface area contributed by atoms with Crippen LogP contribution in [0.5, 0.6) is 0 Å². The summed E-state index contributed by atoms with van der Waals surface area (Å²) in [5.41, 5.74) is 0.173. The lowest BCUT2D eigenvalue weighted by atomic mass is 10.1. The van der Waals surface area contributed by atoms with Gasteiger partial charge >= 0.3 is 0 Å². The summed E-state index contributed by atoms with van der Waals surface area (Å²) in [4.78, 5) is 11.7. The number of ketones is 1. The van der Waals surface area contributed by atoms with Crippen LogP contribution < -0.4 is 5.32 Å². The van der Waals surface area contributed by atoms with E-state index >= 15 is 0 Å². The van der Waals surface area contributed by atoms with Crippen molar-refractivity contribution < 1.29 is 9.18 Å². The Morgan fingerprint density at radius 3 is 2.94 bits per heavy atom. The molecule has 0 spiro atoms. The van der Waals surface area contributed by atoms with Crippen molar-refractivity contribution in [1.82, 2.24) is 5.32 Å². The first-order chi connectivity index (χ1) is 7.66. The molecule has 1 fully saturated rings. The van der Waals surface area contributed by atoms with Crippen molar-refractivity contribution in [1.29, 1.82) is 0 Å². The number of carbonyl (C=O) groups is 1. The van der Waals surface area contributed by atoms with Crippen LogP contribution in [-0.2, 0) is 0 Å². The lowest BCUT2D eigenvalue weighted by Gasteiger charge is -2.04. The van der Waals surface area contributed by atoms with E-state index in [1.54, 1.807) is 6.07 Å². The molecule has 0 aromatic heterocycles. The van der Waals surface area contributed by atoms with Gasteiger partial charge in [0.15, 0.2) is 5.78 Å². The highest BCUT2D eigenvalue weighted by Gasteiger charge is 2.20. The molecular formula is C12H13BrFNO. The monoisotopic (exact) mass is 285 g/mol. The van der Waals surface area contributed by atoms with Crippen LogP contribution in [0.15, 0.2) is 22.7 Å². The Morgan fingerprint density at radius 2 is 2.25 bits per heavy atom. The maximum atomic E-state index is 13.4. The first-order valence-corrected chi connectivity index (χ1v) is 6.18. The highest BCUT2D eigenvalue weighted by molar-refractivity contribution is 9.10. The molecule has 4 heteroatoms. The fraction of sp³-hybridized carbons (Fsp3) is 0.417. The second-order valence-corrected chi connectivity index (χ2v) is 4.94. The predicted molar refractivity (Wildman–Crippen MR) is 64.1 cm³/mol. The van der Waals surface area contributed by atoms with Crippen molar-refractivity contribution in [3.8, 4) is 0 Å². The number of carbonyl (C=O) groups excluding carboxylic acids is 1. The van der Waals surface area contributed by atoms with Crippen molar-refractivity contribution in [3.05, 3.63) is 34.1 Å².